The van der Waals surface area contributed by atoms with Gasteiger partial charge in [0.05, 0.1) is 0 Å². The highest BCUT2D eigenvalue weighted by Crippen LogP contribution is 2.13. The molecular formula is C19H23FN2. The zero-order valence-electron chi connectivity index (χ0n) is 13.1. The second kappa shape index (κ2) is 7.03. The fourth-order valence-electron chi connectivity index (χ4n) is 2.95. The van der Waals surface area contributed by atoms with E-state index in [4.69, 9.17) is 0 Å². The molecule has 0 unspecified atom stereocenters. The molecule has 1 aliphatic heterocycles. The first-order chi connectivity index (χ1) is 10.7. The maximum absolute atomic E-state index is 13.2. The quantitative estimate of drug-likeness (QED) is 0.853. The lowest BCUT2D eigenvalue weighted by Gasteiger charge is -2.34. The van der Waals surface area contributed by atoms with Crippen molar-refractivity contribution in [3.8, 4) is 0 Å². The predicted molar refractivity (Wildman–Crippen MR) is 88.1 cm³/mol. The second-order valence-electron chi connectivity index (χ2n) is 6.17. The van der Waals surface area contributed by atoms with Gasteiger partial charge in [-0.3, -0.25) is 9.80 Å². The van der Waals surface area contributed by atoms with Crippen LogP contribution in [0.2, 0.25) is 0 Å². The van der Waals surface area contributed by atoms with E-state index in [0.29, 0.717) is 0 Å². The van der Waals surface area contributed by atoms with Crippen LogP contribution >= 0.6 is 0 Å². The zero-order valence-corrected chi connectivity index (χ0v) is 13.1. The number of piperazine rings is 1. The molecule has 0 aromatic heterocycles. The third kappa shape index (κ3) is 4.15. The van der Waals surface area contributed by atoms with Crippen molar-refractivity contribution in [3.05, 3.63) is 71.0 Å². The first kappa shape index (κ1) is 15.2. The van der Waals surface area contributed by atoms with E-state index in [1.54, 1.807) is 12.1 Å². The fourth-order valence-corrected chi connectivity index (χ4v) is 2.95. The summed E-state index contributed by atoms with van der Waals surface area (Å²) in [5, 5.41) is 0. The van der Waals surface area contributed by atoms with E-state index < -0.39 is 0 Å². The highest BCUT2D eigenvalue weighted by atomic mass is 19.1. The molecule has 0 amide bonds. The summed E-state index contributed by atoms with van der Waals surface area (Å²) in [5.41, 5.74) is 3.75. The van der Waals surface area contributed by atoms with Gasteiger partial charge in [-0.05, 0) is 30.2 Å². The van der Waals surface area contributed by atoms with Crippen LogP contribution in [0, 0.1) is 12.7 Å². The molecule has 2 aromatic carbocycles. The van der Waals surface area contributed by atoms with Gasteiger partial charge in [-0.15, -0.1) is 0 Å². The van der Waals surface area contributed by atoms with Gasteiger partial charge in [0.1, 0.15) is 5.82 Å². The molecule has 0 aliphatic carbocycles. The lowest BCUT2D eigenvalue weighted by Crippen LogP contribution is -2.45. The van der Waals surface area contributed by atoms with Crippen molar-refractivity contribution in [2.75, 3.05) is 26.2 Å². The van der Waals surface area contributed by atoms with Crippen molar-refractivity contribution in [2.24, 2.45) is 0 Å². The van der Waals surface area contributed by atoms with Crippen LogP contribution in [-0.4, -0.2) is 36.0 Å². The minimum absolute atomic E-state index is 0.143. The van der Waals surface area contributed by atoms with Crippen LogP contribution in [-0.2, 0) is 13.1 Å². The first-order valence-corrected chi connectivity index (χ1v) is 7.94. The second-order valence-corrected chi connectivity index (χ2v) is 6.17. The average molecular weight is 298 g/mol. The van der Waals surface area contributed by atoms with Crippen molar-refractivity contribution in [3.63, 3.8) is 0 Å². The van der Waals surface area contributed by atoms with Crippen molar-refractivity contribution < 1.29 is 4.39 Å². The molecule has 1 saturated heterocycles. The number of hydrogen-bond acceptors (Lipinski definition) is 2. The lowest BCUT2D eigenvalue weighted by molar-refractivity contribution is 0.122. The van der Waals surface area contributed by atoms with Crippen molar-refractivity contribution >= 4 is 0 Å². The third-order valence-corrected chi connectivity index (χ3v) is 4.29. The molecule has 0 N–H and O–H groups in total. The van der Waals surface area contributed by atoms with Crippen LogP contribution < -0.4 is 0 Å². The summed E-state index contributed by atoms with van der Waals surface area (Å²) >= 11 is 0. The molecule has 22 heavy (non-hydrogen) atoms. The Morgan fingerprint density at radius 3 is 2.00 bits per heavy atom. The number of nitrogens with zero attached hydrogens (tertiary/aromatic N) is 2. The standard InChI is InChI=1S/C19H23FN2/c1-16-5-7-17(8-6-16)14-21-9-11-22(12-10-21)15-18-3-2-4-19(20)13-18/h2-8,13H,9-12,14-15H2,1H3. The number of rotatable bonds is 4. The molecule has 0 spiro atoms. The molecule has 1 aliphatic rings. The Balaban J connectivity index is 1.49. The predicted octanol–water partition coefficient (Wildman–Crippen LogP) is 3.45. The molecular weight excluding hydrogens is 275 g/mol. The minimum atomic E-state index is -0.143. The van der Waals surface area contributed by atoms with E-state index in [1.807, 2.05) is 6.07 Å². The zero-order chi connectivity index (χ0) is 15.4. The van der Waals surface area contributed by atoms with Crippen LogP contribution in [0.1, 0.15) is 16.7 Å². The van der Waals surface area contributed by atoms with Crippen LogP contribution in [0.3, 0.4) is 0 Å². The molecule has 0 saturated carbocycles. The molecule has 0 radical (unpaired) electrons. The van der Waals surface area contributed by atoms with E-state index in [1.165, 1.54) is 17.2 Å². The lowest BCUT2D eigenvalue weighted by atomic mass is 10.1. The first-order valence-electron chi connectivity index (χ1n) is 7.94. The van der Waals surface area contributed by atoms with E-state index >= 15 is 0 Å². The minimum Gasteiger partial charge on any atom is -0.297 e. The Hall–Kier alpha value is -1.71. The maximum Gasteiger partial charge on any atom is 0.123 e. The molecule has 2 nitrogen and oxygen atoms in total. The summed E-state index contributed by atoms with van der Waals surface area (Å²) in [6.45, 7) is 8.22. The number of halogens is 1. The summed E-state index contributed by atoms with van der Waals surface area (Å²) in [5.74, 6) is -0.143. The Bertz CT molecular complexity index is 601. The van der Waals surface area contributed by atoms with Gasteiger partial charge in [-0.25, -0.2) is 4.39 Å². The molecule has 2 aromatic rings. The normalized spacial score (nSPS) is 16.8. The van der Waals surface area contributed by atoms with Crippen LogP contribution in [0.25, 0.3) is 0 Å². The average Bonchev–Trinajstić information content (AvgIpc) is 2.52. The van der Waals surface area contributed by atoms with Crippen molar-refractivity contribution in [2.45, 2.75) is 20.0 Å². The Morgan fingerprint density at radius 2 is 1.41 bits per heavy atom. The monoisotopic (exact) mass is 298 g/mol. The van der Waals surface area contributed by atoms with Crippen LogP contribution in [0.4, 0.5) is 4.39 Å². The molecule has 3 heteroatoms. The molecule has 1 heterocycles. The van der Waals surface area contributed by atoms with Crippen molar-refractivity contribution in [1.29, 1.82) is 0 Å². The molecule has 1 fully saturated rings. The summed E-state index contributed by atoms with van der Waals surface area (Å²) in [6, 6.07) is 15.7. The summed E-state index contributed by atoms with van der Waals surface area (Å²) in [7, 11) is 0. The van der Waals surface area contributed by atoms with Gasteiger partial charge in [-0.1, -0.05) is 42.0 Å². The van der Waals surface area contributed by atoms with Gasteiger partial charge in [0.2, 0.25) is 0 Å². The van der Waals surface area contributed by atoms with Crippen molar-refractivity contribution in [1.82, 2.24) is 9.80 Å². The maximum atomic E-state index is 13.2. The largest absolute Gasteiger partial charge is 0.297 e. The third-order valence-electron chi connectivity index (χ3n) is 4.29. The van der Waals surface area contributed by atoms with Crippen LogP contribution in [0.5, 0.6) is 0 Å². The van der Waals surface area contributed by atoms with Gasteiger partial charge in [0.15, 0.2) is 0 Å². The van der Waals surface area contributed by atoms with E-state index in [-0.39, 0.29) is 5.82 Å². The smallest absolute Gasteiger partial charge is 0.123 e. The van der Waals surface area contributed by atoms with Gasteiger partial charge in [-0.2, -0.15) is 0 Å². The van der Waals surface area contributed by atoms with Gasteiger partial charge < -0.3 is 0 Å². The highest BCUT2D eigenvalue weighted by Gasteiger charge is 2.17. The molecule has 3 rings (SSSR count). The van der Waals surface area contributed by atoms with Gasteiger partial charge in [0, 0.05) is 39.3 Å². The van der Waals surface area contributed by atoms with E-state index in [2.05, 4.69) is 41.0 Å². The topological polar surface area (TPSA) is 6.48 Å². The number of hydrogen-bond donors (Lipinski definition) is 0. The number of aryl methyl sites for hydroxylation is 1. The summed E-state index contributed by atoms with van der Waals surface area (Å²) in [4.78, 5) is 4.90. The Kier molecular flexibility index (Phi) is 4.86. The fraction of sp³-hybridized carbons (Fsp3) is 0.368. The molecule has 0 atom stereocenters. The summed E-state index contributed by atoms with van der Waals surface area (Å²) < 4.78 is 13.2. The van der Waals surface area contributed by atoms with Gasteiger partial charge in [0.25, 0.3) is 0 Å². The summed E-state index contributed by atoms with van der Waals surface area (Å²) in [6.07, 6.45) is 0. The molecule has 116 valence electrons. The van der Waals surface area contributed by atoms with E-state index in [0.717, 1.165) is 44.8 Å². The van der Waals surface area contributed by atoms with Gasteiger partial charge >= 0.3 is 0 Å². The molecule has 0 bridgehead atoms. The Morgan fingerprint density at radius 1 is 0.818 bits per heavy atom. The Labute approximate surface area is 132 Å². The SMILES string of the molecule is Cc1ccc(CN2CCN(Cc3cccc(F)c3)CC2)cc1. The highest BCUT2D eigenvalue weighted by molar-refractivity contribution is 5.21. The number of benzene rings is 2. The van der Waals surface area contributed by atoms with Crippen LogP contribution in [0.15, 0.2) is 48.5 Å². The van der Waals surface area contributed by atoms with E-state index in [9.17, 15) is 4.39 Å².